The quantitative estimate of drug-likeness (QED) is 0.574. The highest BCUT2D eigenvalue weighted by atomic mass is 35.5. The smallest absolute Gasteiger partial charge is 0.123 e. The molecule has 3 nitrogen and oxygen atoms in total. The van der Waals surface area contributed by atoms with Crippen molar-refractivity contribution in [2.75, 3.05) is 0 Å². The van der Waals surface area contributed by atoms with Crippen LogP contribution in [-0.4, -0.2) is 4.98 Å². The third-order valence-electron chi connectivity index (χ3n) is 3.43. The van der Waals surface area contributed by atoms with E-state index in [9.17, 15) is 4.39 Å². The van der Waals surface area contributed by atoms with Crippen molar-refractivity contribution in [3.8, 4) is 0 Å². The van der Waals surface area contributed by atoms with E-state index in [0.717, 1.165) is 16.5 Å². The van der Waals surface area contributed by atoms with E-state index in [1.165, 1.54) is 18.2 Å². The van der Waals surface area contributed by atoms with Gasteiger partial charge in [-0.05, 0) is 41.5 Å². The Labute approximate surface area is 126 Å². The lowest BCUT2D eigenvalue weighted by Crippen LogP contribution is -2.29. The third kappa shape index (κ3) is 2.61. The van der Waals surface area contributed by atoms with E-state index in [-0.39, 0.29) is 5.82 Å². The Morgan fingerprint density at radius 2 is 1.95 bits per heavy atom. The average Bonchev–Trinajstić information content (AvgIpc) is 2.51. The second-order valence-electron chi connectivity index (χ2n) is 4.68. The number of fused-ring (bicyclic) bond motifs is 1. The molecule has 0 bridgehead atoms. The van der Waals surface area contributed by atoms with Crippen molar-refractivity contribution < 1.29 is 4.39 Å². The molecular weight excluding hydrogens is 289 g/mol. The number of hydrogen-bond donors (Lipinski definition) is 2. The van der Waals surface area contributed by atoms with Crippen LogP contribution in [0.5, 0.6) is 0 Å². The van der Waals surface area contributed by atoms with Crippen LogP contribution in [0.4, 0.5) is 4.39 Å². The van der Waals surface area contributed by atoms with Crippen LogP contribution in [0.15, 0.2) is 54.7 Å². The average molecular weight is 302 g/mol. The number of rotatable bonds is 3. The fourth-order valence-corrected chi connectivity index (χ4v) is 2.69. The maximum Gasteiger partial charge on any atom is 0.123 e. The van der Waals surface area contributed by atoms with Gasteiger partial charge in [-0.25, -0.2) is 9.82 Å². The first kappa shape index (κ1) is 13.9. The number of halogens is 2. The van der Waals surface area contributed by atoms with Gasteiger partial charge in [0.1, 0.15) is 5.82 Å². The summed E-state index contributed by atoms with van der Waals surface area (Å²) in [5.41, 5.74) is 5.06. The van der Waals surface area contributed by atoms with Gasteiger partial charge in [-0.3, -0.25) is 10.8 Å². The maximum atomic E-state index is 13.5. The van der Waals surface area contributed by atoms with Crippen LogP contribution >= 0.6 is 11.6 Å². The van der Waals surface area contributed by atoms with Gasteiger partial charge in [0.15, 0.2) is 0 Å². The number of aromatic nitrogens is 1. The summed E-state index contributed by atoms with van der Waals surface area (Å²) >= 11 is 6.19. The molecule has 0 aliphatic rings. The van der Waals surface area contributed by atoms with Crippen LogP contribution in [-0.2, 0) is 0 Å². The molecule has 21 heavy (non-hydrogen) atoms. The molecule has 3 aromatic rings. The minimum atomic E-state index is -0.416. The molecular formula is C16H13ClFN3. The molecule has 1 unspecified atom stereocenters. The molecule has 3 N–H and O–H groups in total. The summed E-state index contributed by atoms with van der Waals surface area (Å²) in [5.74, 6) is 5.34. The van der Waals surface area contributed by atoms with Crippen molar-refractivity contribution in [3.05, 3.63) is 76.7 Å². The Bertz CT molecular complexity index is 786. The number of pyridine rings is 1. The van der Waals surface area contributed by atoms with Crippen LogP contribution in [0, 0.1) is 5.82 Å². The van der Waals surface area contributed by atoms with Crippen molar-refractivity contribution in [3.63, 3.8) is 0 Å². The molecule has 0 spiro atoms. The molecule has 106 valence electrons. The van der Waals surface area contributed by atoms with E-state index in [2.05, 4.69) is 10.4 Å². The first-order chi connectivity index (χ1) is 10.2. The summed E-state index contributed by atoms with van der Waals surface area (Å²) in [4.78, 5) is 4.32. The number of hydrogen-bond acceptors (Lipinski definition) is 3. The van der Waals surface area contributed by atoms with Gasteiger partial charge < -0.3 is 0 Å². The molecule has 0 saturated carbocycles. The van der Waals surface area contributed by atoms with E-state index >= 15 is 0 Å². The van der Waals surface area contributed by atoms with Gasteiger partial charge in [0, 0.05) is 16.6 Å². The summed E-state index contributed by atoms with van der Waals surface area (Å²) in [5, 5.41) is 1.41. The van der Waals surface area contributed by atoms with Crippen molar-refractivity contribution in [2.24, 2.45) is 5.84 Å². The van der Waals surface area contributed by atoms with Crippen molar-refractivity contribution >= 4 is 22.5 Å². The second kappa shape index (κ2) is 5.77. The summed E-state index contributed by atoms with van der Waals surface area (Å²) in [6, 6.07) is 13.4. The van der Waals surface area contributed by atoms with Crippen molar-refractivity contribution in [1.82, 2.24) is 10.4 Å². The molecule has 0 fully saturated rings. The SMILES string of the molecule is NNC(c1cc(F)ccc1Cl)c1cccc2ncccc12. The van der Waals surface area contributed by atoms with Gasteiger partial charge in [-0.2, -0.15) is 0 Å². The predicted molar refractivity (Wildman–Crippen MR) is 82.3 cm³/mol. The Morgan fingerprint density at radius 1 is 1.10 bits per heavy atom. The minimum Gasteiger partial charge on any atom is -0.271 e. The van der Waals surface area contributed by atoms with Crippen LogP contribution in [0.2, 0.25) is 5.02 Å². The van der Waals surface area contributed by atoms with E-state index in [1.54, 1.807) is 6.20 Å². The molecule has 1 heterocycles. The van der Waals surface area contributed by atoms with Crippen LogP contribution in [0.1, 0.15) is 17.2 Å². The lowest BCUT2D eigenvalue weighted by atomic mass is 9.95. The number of nitrogens with zero attached hydrogens (tertiary/aromatic N) is 1. The van der Waals surface area contributed by atoms with Crippen molar-refractivity contribution in [2.45, 2.75) is 6.04 Å². The monoisotopic (exact) mass is 301 g/mol. The number of nitrogens with one attached hydrogen (secondary N) is 1. The van der Waals surface area contributed by atoms with Gasteiger partial charge in [-0.15, -0.1) is 0 Å². The molecule has 2 aromatic carbocycles. The van der Waals surface area contributed by atoms with E-state index in [4.69, 9.17) is 17.4 Å². The first-order valence-corrected chi connectivity index (χ1v) is 6.83. The maximum absolute atomic E-state index is 13.5. The Hall–Kier alpha value is -2.01. The lowest BCUT2D eigenvalue weighted by Gasteiger charge is -2.20. The summed E-state index contributed by atoms with van der Waals surface area (Å²) in [7, 11) is 0. The third-order valence-corrected chi connectivity index (χ3v) is 3.77. The molecule has 0 saturated heterocycles. The van der Waals surface area contributed by atoms with Gasteiger partial charge in [0.25, 0.3) is 0 Å². The summed E-state index contributed by atoms with van der Waals surface area (Å²) < 4.78 is 13.5. The number of benzene rings is 2. The minimum absolute atomic E-state index is 0.354. The highest BCUT2D eigenvalue weighted by Gasteiger charge is 2.18. The van der Waals surface area contributed by atoms with Crippen LogP contribution < -0.4 is 11.3 Å². The van der Waals surface area contributed by atoms with Crippen LogP contribution in [0.3, 0.4) is 0 Å². The first-order valence-electron chi connectivity index (χ1n) is 6.45. The summed E-state index contributed by atoms with van der Waals surface area (Å²) in [6.07, 6.45) is 1.73. The molecule has 0 radical (unpaired) electrons. The van der Waals surface area contributed by atoms with Gasteiger partial charge in [-0.1, -0.05) is 29.8 Å². The zero-order chi connectivity index (χ0) is 14.8. The normalized spacial score (nSPS) is 12.5. The van der Waals surface area contributed by atoms with Crippen LogP contribution in [0.25, 0.3) is 10.9 Å². The Kier molecular flexibility index (Phi) is 3.84. The molecule has 0 aliphatic carbocycles. The predicted octanol–water partition coefficient (Wildman–Crippen LogP) is 3.58. The fraction of sp³-hybridized carbons (Fsp3) is 0.0625. The Morgan fingerprint density at radius 3 is 2.76 bits per heavy atom. The van der Waals surface area contributed by atoms with Crippen molar-refractivity contribution in [1.29, 1.82) is 0 Å². The highest BCUT2D eigenvalue weighted by Crippen LogP contribution is 2.32. The fourth-order valence-electron chi connectivity index (χ4n) is 2.46. The van der Waals surface area contributed by atoms with Gasteiger partial charge >= 0.3 is 0 Å². The van der Waals surface area contributed by atoms with E-state index in [0.29, 0.717) is 10.6 Å². The standard InChI is InChI=1S/C16H13ClFN3/c17-14-7-6-10(18)9-13(14)16(21-19)12-3-1-5-15-11(12)4-2-8-20-15/h1-9,16,21H,19H2. The molecule has 3 rings (SSSR count). The number of hydrazine groups is 1. The molecule has 0 aliphatic heterocycles. The molecule has 1 atom stereocenters. The topological polar surface area (TPSA) is 50.9 Å². The molecule has 0 amide bonds. The second-order valence-corrected chi connectivity index (χ2v) is 5.09. The lowest BCUT2D eigenvalue weighted by molar-refractivity contribution is 0.607. The zero-order valence-corrected chi connectivity index (χ0v) is 11.8. The van der Waals surface area contributed by atoms with E-state index < -0.39 is 6.04 Å². The van der Waals surface area contributed by atoms with E-state index in [1.807, 2.05) is 30.3 Å². The largest absolute Gasteiger partial charge is 0.271 e. The van der Waals surface area contributed by atoms with Gasteiger partial charge in [0.05, 0.1) is 11.6 Å². The highest BCUT2D eigenvalue weighted by molar-refractivity contribution is 6.31. The summed E-state index contributed by atoms with van der Waals surface area (Å²) in [6.45, 7) is 0. The van der Waals surface area contributed by atoms with Gasteiger partial charge in [0.2, 0.25) is 0 Å². The number of nitrogens with two attached hydrogens (primary N) is 1. The zero-order valence-electron chi connectivity index (χ0n) is 11.1. The molecule has 5 heteroatoms. The Balaban J connectivity index is 2.21. The molecule has 1 aromatic heterocycles.